The fourth-order valence-corrected chi connectivity index (χ4v) is 3.29. The Bertz CT molecular complexity index is 741. The lowest BCUT2D eigenvalue weighted by Gasteiger charge is -2.07. The molecule has 0 saturated carbocycles. The maximum atomic E-state index is 12.3. The molecule has 1 aromatic carbocycles. The van der Waals surface area contributed by atoms with Crippen molar-refractivity contribution in [2.24, 2.45) is 5.73 Å². The molecule has 0 atom stereocenters. The Balaban J connectivity index is 2.38. The van der Waals surface area contributed by atoms with Gasteiger partial charge < -0.3 is 11.1 Å². The van der Waals surface area contributed by atoms with Crippen molar-refractivity contribution in [3.8, 4) is 0 Å². The van der Waals surface area contributed by atoms with E-state index in [0.717, 1.165) is 10.4 Å². The van der Waals surface area contributed by atoms with Crippen LogP contribution in [0.1, 0.15) is 31.2 Å². The molecule has 1 aromatic heterocycles. The van der Waals surface area contributed by atoms with Crippen LogP contribution in [0.15, 0.2) is 18.2 Å². The van der Waals surface area contributed by atoms with Gasteiger partial charge in [-0.15, -0.1) is 11.3 Å². The standard InChI is InChI=1S/C14H12Cl2N2O2S/c1-6-7(2)21-14(11(6)12(17)19)18-13(20)9-5-8(15)3-4-10(9)16/h3-5H,1-2H3,(H2,17,19)(H,18,20). The number of carbonyl (C=O) groups excluding carboxylic acids is 2. The Kier molecular flexibility index (Phi) is 4.56. The maximum Gasteiger partial charge on any atom is 0.257 e. The SMILES string of the molecule is Cc1sc(NC(=O)c2cc(Cl)ccc2Cl)c(C(N)=O)c1C. The smallest absolute Gasteiger partial charge is 0.257 e. The van der Waals surface area contributed by atoms with Crippen LogP contribution in [0.2, 0.25) is 10.0 Å². The number of aryl methyl sites for hydroxylation is 1. The molecular formula is C14H12Cl2N2O2S. The van der Waals surface area contributed by atoms with E-state index < -0.39 is 11.8 Å². The number of benzene rings is 1. The van der Waals surface area contributed by atoms with Crippen LogP contribution in [-0.4, -0.2) is 11.8 Å². The van der Waals surface area contributed by atoms with Crippen molar-refractivity contribution in [3.05, 3.63) is 49.8 Å². The topological polar surface area (TPSA) is 72.2 Å². The summed E-state index contributed by atoms with van der Waals surface area (Å²) in [5.74, 6) is -1.02. The number of rotatable bonds is 3. The zero-order valence-corrected chi connectivity index (χ0v) is 13.6. The van der Waals surface area contributed by atoms with Crippen LogP contribution in [0.25, 0.3) is 0 Å². The van der Waals surface area contributed by atoms with Gasteiger partial charge in [-0.25, -0.2) is 0 Å². The first-order valence-corrected chi connectivity index (χ1v) is 7.54. The van der Waals surface area contributed by atoms with Crippen molar-refractivity contribution in [3.63, 3.8) is 0 Å². The number of thiophene rings is 1. The van der Waals surface area contributed by atoms with E-state index in [1.807, 2.05) is 6.92 Å². The normalized spacial score (nSPS) is 10.5. The average Bonchev–Trinajstić information content (AvgIpc) is 2.67. The molecule has 2 amide bonds. The van der Waals surface area contributed by atoms with Gasteiger partial charge in [0.2, 0.25) is 0 Å². The first-order chi connectivity index (χ1) is 9.81. The Morgan fingerprint density at radius 2 is 1.90 bits per heavy atom. The second kappa shape index (κ2) is 6.05. The number of carbonyl (C=O) groups is 2. The lowest BCUT2D eigenvalue weighted by Crippen LogP contribution is -2.17. The van der Waals surface area contributed by atoms with Gasteiger partial charge in [0.1, 0.15) is 5.00 Å². The van der Waals surface area contributed by atoms with Crippen molar-refractivity contribution in [1.29, 1.82) is 0 Å². The molecule has 2 aromatic rings. The fourth-order valence-electron chi connectivity index (χ4n) is 1.85. The second-order valence-electron chi connectivity index (χ2n) is 4.43. The predicted molar refractivity (Wildman–Crippen MR) is 86.7 cm³/mol. The van der Waals surface area contributed by atoms with E-state index in [1.54, 1.807) is 19.1 Å². The average molecular weight is 343 g/mol. The van der Waals surface area contributed by atoms with Crippen LogP contribution < -0.4 is 11.1 Å². The summed E-state index contributed by atoms with van der Waals surface area (Å²) in [6.07, 6.45) is 0. The molecule has 0 aliphatic heterocycles. The predicted octanol–water partition coefficient (Wildman–Crippen LogP) is 4.02. The number of hydrogen-bond acceptors (Lipinski definition) is 3. The van der Waals surface area contributed by atoms with Gasteiger partial charge >= 0.3 is 0 Å². The Labute approximate surface area is 135 Å². The Morgan fingerprint density at radius 3 is 2.52 bits per heavy atom. The molecule has 0 spiro atoms. The van der Waals surface area contributed by atoms with Crippen molar-refractivity contribution in [2.45, 2.75) is 13.8 Å². The molecule has 4 nitrogen and oxygen atoms in total. The highest BCUT2D eigenvalue weighted by Crippen LogP contribution is 2.33. The van der Waals surface area contributed by atoms with E-state index in [2.05, 4.69) is 5.32 Å². The maximum absolute atomic E-state index is 12.3. The van der Waals surface area contributed by atoms with E-state index in [1.165, 1.54) is 17.4 Å². The first-order valence-electron chi connectivity index (χ1n) is 5.97. The number of amides is 2. The van der Waals surface area contributed by atoms with Crippen molar-refractivity contribution >= 4 is 51.4 Å². The zero-order valence-electron chi connectivity index (χ0n) is 11.3. The molecule has 7 heteroatoms. The van der Waals surface area contributed by atoms with Gasteiger partial charge in [-0.05, 0) is 37.6 Å². The van der Waals surface area contributed by atoms with Gasteiger partial charge in [0.05, 0.1) is 16.1 Å². The van der Waals surface area contributed by atoms with E-state index in [-0.39, 0.29) is 10.6 Å². The number of primary amides is 1. The number of nitrogens with one attached hydrogen (secondary N) is 1. The fraction of sp³-hybridized carbons (Fsp3) is 0.143. The van der Waals surface area contributed by atoms with E-state index in [9.17, 15) is 9.59 Å². The highest BCUT2D eigenvalue weighted by atomic mass is 35.5. The van der Waals surface area contributed by atoms with Gasteiger partial charge in [-0.3, -0.25) is 9.59 Å². The van der Waals surface area contributed by atoms with Crippen molar-refractivity contribution in [1.82, 2.24) is 0 Å². The minimum absolute atomic E-state index is 0.239. The highest BCUT2D eigenvalue weighted by molar-refractivity contribution is 7.16. The first kappa shape index (κ1) is 15.8. The molecule has 0 aliphatic rings. The number of nitrogens with two attached hydrogens (primary N) is 1. The third-order valence-electron chi connectivity index (χ3n) is 3.03. The Hall–Kier alpha value is -1.56. The quantitative estimate of drug-likeness (QED) is 0.883. The van der Waals surface area contributed by atoms with Crippen LogP contribution in [0.5, 0.6) is 0 Å². The summed E-state index contributed by atoms with van der Waals surface area (Å²) in [4.78, 5) is 24.7. The van der Waals surface area contributed by atoms with Crippen LogP contribution in [0.4, 0.5) is 5.00 Å². The van der Waals surface area contributed by atoms with Crippen molar-refractivity contribution < 1.29 is 9.59 Å². The molecule has 1 heterocycles. The van der Waals surface area contributed by atoms with Crippen LogP contribution in [0, 0.1) is 13.8 Å². The number of halogens is 2. The lowest BCUT2D eigenvalue weighted by atomic mass is 10.1. The molecule has 2 rings (SSSR count). The van der Waals surface area contributed by atoms with E-state index >= 15 is 0 Å². The molecule has 110 valence electrons. The molecule has 3 N–H and O–H groups in total. The van der Waals surface area contributed by atoms with Gasteiger partial charge in [0.25, 0.3) is 11.8 Å². The summed E-state index contributed by atoms with van der Waals surface area (Å²) >= 11 is 13.1. The molecule has 0 bridgehead atoms. The molecule has 0 aliphatic carbocycles. The monoisotopic (exact) mass is 342 g/mol. The molecule has 0 unspecified atom stereocenters. The third-order valence-corrected chi connectivity index (χ3v) is 4.72. The van der Waals surface area contributed by atoms with Crippen LogP contribution >= 0.6 is 34.5 Å². The minimum Gasteiger partial charge on any atom is -0.365 e. The highest BCUT2D eigenvalue weighted by Gasteiger charge is 2.20. The lowest BCUT2D eigenvalue weighted by molar-refractivity contribution is 0.100. The van der Waals surface area contributed by atoms with Gasteiger partial charge in [-0.1, -0.05) is 23.2 Å². The molecule has 0 saturated heterocycles. The molecule has 0 radical (unpaired) electrons. The third kappa shape index (κ3) is 3.20. The van der Waals surface area contributed by atoms with E-state index in [4.69, 9.17) is 28.9 Å². The van der Waals surface area contributed by atoms with Crippen LogP contribution in [-0.2, 0) is 0 Å². The molecule has 21 heavy (non-hydrogen) atoms. The molecule has 0 fully saturated rings. The van der Waals surface area contributed by atoms with Crippen LogP contribution in [0.3, 0.4) is 0 Å². The summed E-state index contributed by atoms with van der Waals surface area (Å²) in [6.45, 7) is 3.64. The van der Waals surface area contributed by atoms with Gasteiger partial charge in [0, 0.05) is 9.90 Å². The summed E-state index contributed by atoms with van der Waals surface area (Å²) in [5.41, 5.74) is 6.69. The van der Waals surface area contributed by atoms with Crippen molar-refractivity contribution in [2.75, 3.05) is 5.32 Å². The number of anilines is 1. The zero-order chi connectivity index (χ0) is 15.7. The minimum atomic E-state index is -0.579. The summed E-state index contributed by atoms with van der Waals surface area (Å²) in [5, 5.41) is 3.77. The summed E-state index contributed by atoms with van der Waals surface area (Å²) < 4.78 is 0. The molecular weight excluding hydrogens is 331 g/mol. The Morgan fingerprint density at radius 1 is 1.24 bits per heavy atom. The van der Waals surface area contributed by atoms with Gasteiger partial charge in [0.15, 0.2) is 0 Å². The number of hydrogen-bond donors (Lipinski definition) is 2. The second-order valence-corrected chi connectivity index (χ2v) is 6.50. The van der Waals surface area contributed by atoms with Gasteiger partial charge in [-0.2, -0.15) is 0 Å². The summed E-state index contributed by atoms with van der Waals surface area (Å²) in [6, 6.07) is 4.60. The summed E-state index contributed by atoms with van der Waals surface area (Å²) in [7, 11) is 0. The van der Waals surface area contributed by atoms with E-state index in [0.29, 0.717) is 15.6 Å². The largest absolute Gasteiger partial charge is 0.365 e.